The standard InChI is InChI=1S/C20H16ClN3O3S/c21-15-4-5-18-17(11-15)20(24-6-8-27-9-7-24)19(13-23-18)28(25,26)16-3-1-2-14(10-16)12-22/h1-5,10-11,13H,6-9H2. The average molecular weight is 414 g/mol. The molecule has 1 aromatic heterocycles. The Balaban J connectivity index is 1.99. The molecule has 6 nitrogen and oxygen atoms in total. The zero-order chi connectivity index (χ0) is 19.7. The highest BCUT2D eigenvalue weighted by Gasteiger charge is 2.28. The first-order valence-corrected chi connectivity index (χ1v) is 10.5. The third-order valence-corrected chi connectivity index (χ3v) is 6.65. The van der Waals surface area contributed by atoms with Gasteiger partial charge in [0.1, 0.15) is 4.90 Å². The van der Waals surface area contributed by atoms with Crippen LogP contribution < -0.4 is 4.90 Å². The number of anilines is 1. The molecule has 0 atom stereocenters. The van der Waals surface area contributed by atoms with Gasteiger partial charge in [-0.25, -0.2) is 8.42 Å². The number of ether oxygens (including phenoxy) is 1. The van der Waals surface area contributed by atoms with Crippen LogP contribution in [0.3, 0.4) is 0 Å². The molecule has 1 aliphatic heterocycles. The van der Waals surface area contributed by atoms with Crippen LogP contribution in [0, 0.1) is 11.3 Å². The van der Waals surface area contributed by atoms with Gasteiger partial charge in [-0.3, -0.25) is 4.98 Å². The van der Waals surface area contributed by atoms with Crippen molar-refractivity contribution in [1.82, 2.24) is 4.98 Å². The maximum Gasteiger partial charge on any atom is 0.210 e. The summed E-state index contributed by atoms with van der Waals surface area (Å²) in [4.78, 5) is 6.50. The number of sulfone groups is 1. The first-order chi connectivity index (χ1) is 13.5. The minimum atomic E-state index is -3.90. The van der Waals surface area contributed by atoms with Gasteiger partial charge < -0.3 is 9.64 Å². The largest absolute Gasteiger partial charge is 0.378 e. The Hall–Kier alpha value is -2.66. The summed E-state index contributed by atoms with van der Waals surface area (Å²) in [5.41, 5.74) is 1.51. The Kier molecular flexibility index (Phi) is 4.94. The Morgan fingerprint density at radius 1 is 1.14 bits per heavy atom. The van der Waals surface area contributed by atoms with Crippen LogP contribution in [0.25, 0.3) is 10.9 Å². The van der Waals surface area contributed by atoms with Gasteiger partial charge in [-0.15, -0.1) is 0 Å². The molecule has 2 aromatic carbocycles. The number of rotatable bonds is 3. The molecule has 2 heterocycles. The molecule has 4 rings (SSSR count). The fraction of sp³-hybridized carbons (Fsp3) is 0.200. The molecule has 8 heteroatoms. The van der Waals surface area contributed by atoms with Crippen LogP contribution in [-0.2, 0) is 14.6 Å². The van der Waals surface area contributed by atoms with Crippen LogP contribution in [-0.4, -0.2) is 39.7 Å². The van der Waals surface area contributed by atoms with Crippen molar-refractivity contribution in [2.24, 2.45) is 0 Å². The van der Waals surface area contributed by atoms with Crippen molar-refractivity contribution in [1.29, 1.82) is 5.26 Å². The Labute approximate surface area is 167 Å². The molecule has 1 aliphatic rings. The van der Waals surface area contributed by atoms with Crippen molar-refractivity contribution in [2.45, 2.75) is 9.79 Å². The van der Waals surface area contributed by atoms with E-state index in [1.807, 2.05) is 11.0 Å². The number of benzene rings is 2. The van der Waals surface area contributed by atoms with E-state index in [0.29, 0.717) is 47.9 Å². The second-order valence-corrected chi connectivity index (χ2v) is 8.73. The third kappa shape index (κ3) is 3.31. The van der Waals surface area contributed by atoms with Crippen LogP contribution >= 0.6 is 11.6 Å². The summed E-state index contributed by atoms with van der Waals surface area (Å²) in [6, 6.07) is 13.2. The summed E-state index contributed by atoms with van der Waals surface area (Å²) in [6.07, 6.45) is 1.38. The summed E-state index contributed by atoms with van der Waals surface area (Å²) in [5, 5.41) is 10.3. The lowest BCUT2D eigenvalue weighted by atomic mass is 10.1. The lowest BCUT2D eigenvalue weighted by molar-refractivity contribution is 0.122. The molecular weight excluding hydrogens is 398 g/mol. The molecule has 0 N–H and O–H groups in total. The number of aromatic nitrogens is 1. The summed E-state index contributed by atoms with van der Waals surface area (Å²) < 4.78 is 32.3. The predicted octanol–water partition coefficient (Wildman–Crippen LogP) is 3.43. The lowest BCUT2D eigenvalue weighted by Crippen LogP contribution is -2.37. The van der Waals surface area contributed by atoms with Crippen molar-refractivity contribution in [3.8, 4) is 6.07 Å². The summed E-state index contributed by atoms with van der Waals surface area (Å²) in [7, 11) is -3.90. The molecular formula is C20H16ClN3O3S. The molecule has 0 unspecified atom stereocenters. The topological polar surface area (TPSA) is 83.3 Å². The highest BCUT2D eigenvalue weighted by atomic mass is 35.5. The van der Waals surface area contributed by atoms with Crippen LogP contribution in [0.15, 0.2) is 58.5 Å². The van der Waals surface area contributed by atoms with Crippen molar-refractivity contribution in [3.05, 3.63) is 59.2 Å². The first kappa shape index (κ1) is 18.7. The molecule has 28 heavy (non-hydrogen) atoms. The maximum absolute atomic E-state index is 13.5. The minimum absolute atomic E-state index is 0.0595. The van der Waals surface area contributed by atoms with E-state index >= 15 is 0 Å². The van der Waals surface area contributed by atoms with E-state index in [-0.39, 0.29) is 15.4 Å². The van der Waals surface area contributed by atoms with Crippen molar-refractivity contribution < 1.29 is 13.2 Å². The number of nitrogens with zero attached hydrogens (tertiary/aromatic N) is 3. The van der Waals surface area contributed by atoms with E-state index < -0.39 is 9.84 Å². The highest BCUT2D eigenvalue weighted by Crippen LogP contribution is 2.37. The van der Waals surface area contributed by atoms with Gasteiger partial charge in [-0.2, -0.15) is 5.26 Å². The number of nitriles is 1. The summed E-state index contributed by atoms with van der Waals surface area (Å²) in [5.74, 6) is 0. The fourth-order valence-corrected chi connectivity index (χ4v) is 4.95. The van der Waals surface area contributed by atoms with Crippen LogP contribution in [0.1, 0.15) is 5.56 Å². The smallest absolute Gasteiger partial charge is 0.210 e. The van der Waals surface area contributed by atoms with Crippen molar-refractivity contribution in [2.75, 3.05) is 31.2 Å². The molecule has 0 amide bonds. The van der Waals surface area contributed by atoms with Crippen molar-refractivity contribution >= 4 is 38.0 Å². The molecule has 1 fully saturated rings. The van der Waals surface area contributed by atoms with Gasteiger partial charge in [0.2, 0.25) is 9.84 Å². The second kappa shape index (κ2) is 7.40. The number of hydrogen-bond donors (Lipinski definition) is 0. The van der Waals surface area contributed by atoms with Gasteiger partial charge in [0.05, 0.1) is 40.9 Å². The molecule has 0 radical (unpaired) electrons. The second-order valence-electron chi connectivity index (χ2n) is 6.38. The Bertz CT molecular complexity index is 1200. The lowest BCUT2D eigenvalue weighted by Gasteiger charge is -2.31. The predicted molar refractivity (Wildman–Crippen MR) is 106 cm³/mol. The number of pyridine rings is 1. The molecule has 0 aliphatic carbocycles. The van der Waals surface area contributed by atoms with E-state index in [1.165, 1.54) is 18.3 Å². The molecule has 0 spiro atoms. The Morgan fingerprint density at radius 2 is 1.93 bits per heavy atom. The van der Waals surface area contributed by atoms with Crippen molar-refractivity contribution in [3.63, 3.8) is 0 Å². The molecule has 0 saturated carbocycles. The monoisotopic (exact) mass is 413 g/mol. The minimum Gasteiger partial charge on any atom is -0.378 e. The zero-order valence-corrected chi connectivity index (χ0v) is 16.4. The van der Waals surface area contributed by atoms with E-state index in [0.717, 1.165) is 0 Å². The number of morpholine rings is 1. The summed E-state index contributed by atoms with van der Waals surface area (Å²) >= 11 is 6.20. The van der Waals surface area contributed by atoms with Gasteiger partial charge in [0.25, 0.3) is 0 Å². The van der Waals surface area contributed by atoms with E-state index in [2.05, 4.69) is 4.98 Å². The fourth-order valence-electron chi connectivity index (χ4n) is 3.30. The van der Waals surface area contributed by atoms with Gasteiger partial charge >= 0.3 is 0 Å². The highest BCUT2D eigenvalue weighted by molar-refractivity contribution is 7.91. The van der Waals surface area contributed by atoms with Crippen LogP contribution in [0.4, 0.5) is 5.69 Å². The van der Waals surface area contributed by atoms with Gasteiger partial charge in [0.15, 0.2) is 0 Å². The van der Waals surface area contributed by atoms with Gasteiger partial charge in [-0.05, 0) is 36.4 Å². The van der Waals surface area contributed by atoms with Gasteiger partial charge in [-0.1, -0.05) is 17.7 Å². The zero-order valence-electron chi connectivity index (χ0n) is 14.8. The van der Waals surface area contributed by atoms with Gasteiger partial charge in [0, 0.05) is 29.7 Å². The summed E-state index contributed by atoms with van der Waals surface area (Å²) in [6.45, 7) is 2.14. The quantitative estimate of drug-likeness (QED) is 0.654. The molecule has 142 valence electrons. The molecule has 1 saturated heterocycles. The number of fused-ring (bicyclic) bond motifs is 1. The number of hydrogen-bond acceptors (Lipinski definition) is 6. The maximum atomic E-state index is 13.5. The van der Waals surface area contributed by atoms with Crippen LogP contribution in [0.5, 0.6) is 0 Å². The third-order valence-electron chi connectivity index (χ3n) is 4.66. The van der Waals surface area contributed by atoms with E-state index in [9.17, 15) is 8.42 Å². The van der Waals surface area contributed by atoms with E-state index in [4.69, 9.17) is 21.6 Å². The first-order valence-electron chi connectivity index (χ1n) is 8.67. The Morgan fingerprint density at radius 3 is 2.68 bits per heavy atom. The van der Waals surface area contributed by atoms with E-state index in [1.54, 1.807) is 30.3 Å². The average Bonchev–Trinajstić information content (AvgIpc) is 2.73. The van der Waals surface area contributed by atoms with Crippen LogP contribution in [0.2, 0.25) is 5.02 Å². The normalized spacial score (nSPS) is 14.8. The SMILES string of the molecule is N#Cc1cccc(S(=O)(=O)c2cnc3ccc(Cl)cc3c2N2CCOCC2)c1. The molecule has 0 bridgehead atoms. The molecule has 3 aromatic rings. The number of halogens is 1.